The van der Waals surface area contributed by atoms with E-state index in [1.807, 2.05) is 12.2 Å². The fourth-order valence-electron chi connectivity index (χ4n) is 8.15. The van der Waals surface area contributed by atoms with Crippen molar-refractivity contribution in [1.82, 2.24) is 0 Å². The monoisotopic (exact) mass is 1040 g/mol. The molecule has 0 spiro atoms. The molecule has 0 aliphatic carbocycles. The molecule has 0 bridgehead atoms. The summed E-state index contributed by atoms with van der Waals surface area (Å²) in [4.78, 5) is 38.2. The lowest BCUT2D eigenvalue weighted by atomic mass is 10.0. The predicted octanol–water partition coefficient (Wildman–Crippen LogP) is 21.0. The first kappa shape index (κ1) is 70.5. The van der Waals surface area contributed by atoms with E-state index in [-0.39, 0.29) is 38.0 Å². The summed E-state index contributed by atoms with van der Waals surface area (Å²) in [6.45, 7) is 6.32. The van der Waals surface area contributed by atoms with Crippen molar-refractivity contribution < 1.29 is 28.6 Å². The van der Waals surface area contributed by atoms with Crippen molar-refractivity contribution in [1.29, 1.82) is 0 Å². The van der Waals surface area contributed by atoms with Crippen molar-refractivity contribution in [2.24, 2.45) is 0 Å². The van der Waals surface area contributed by atoms with Crippen LogP contribution >= 0.6 is 0 Å². The van der Waals surface area contributed by atoms with Crippen LogP contribution in [-0.2, 0) is 28.6 Å². The summed E-state index contributed by atoms with van der Waals surface area (Å²) in [5.74, 6) is -1.07. The third-order valence-electron chi connectivity index (χ3n) is 12.7. The lowest BCUT2D eigenvalue weighted by Crippen LogP contribution is -2.30. The van der Waals surface area contributed by atoms with Crippen LogP contribution in [0.1, 0.15) is 265 Å². The zero-order valence-corrected chi connectivity index (χ0v) is 48.5. The van der Waals surface area contributed by atoms with E-state index in [1.54, 1.807) is 0 Å². The zero-order valence-electron chi connectivity index (χ0n) is 48.5. The van der Waals surface area contributed by atoms with Crippen molar-refractivity contribution in [2.45, 2.75) is 271 Å². The molecule has 424 valence electrons. The van der Waals surface area contributed by atoms with E-state index >= 15 is 0 Å². The van der Waals surface area contributed by atoms with E-state index in [1.165, 1.54) is 116 Å². The first-order valence-corrected chi connectivity index (χ1v) is 30.7. The summed E-state index contributed by atoms with van der Waals surface area (Å²) in [6, 6.07) is 0. The Kier molecular flexibility index (Phi) is 58.4. The number of unbranched alkanes of at least 4 members (excludes halogenated alkanes) is 21. The average molecular weight is 1040 g/mol. The van der Waals surface area contributed by atoms with Crippen molar-refractivity contribution in [3.05, 3.63) is 134 Å². The second kappa shape index (κ2) is 62.1. The van der Waals surface area contributed by atoms with Crippen LogP contribution in [0.3, 0.4) is 0 Å². The van der Waals surface area contributed by atoms with Crippen molar-refractivity contribution in [3.63, 3.8) is 0 Å². The molecule has 75 heavy (non-hydrogen) atoms. The minimum Gasteiger partial charge on any atom is -0.462 e. The molecule has 6 heteroatoms. The van der Waals surface area contributed by atoms with Gasteiger partial charge >= 0.3 is 17.9 Å². The van der Waals surface area contributed by atoms with Gasteiger partial charge in [-0.05, 0) is 96.3 Å². The highest BCUT2D eigenvalue weighted by molar-refractivity contribution is 5.71. The molecule has 6 nitrogen and oxygen atoms in total. The van der Waals surface area contributed by atoms with Crippen LogP contribution in [0.15, 0.2) is 134 Å². The van der Waals surface area contributed by atoms with Gasteiger partial charge in [0.25, 0.3) is 0 Å². The van der Waals surface area contributed by atoms with Crippen LogP contribution < -0.4 is 0 Å². The molecule has 1 unspecified atom stereocenters. The van der Waals surface area contributed by atoms with Crippen LogP contribution in [-0.4, -0.2) is 37.2 Å². The van der Waals surface area contributed by atoms with E-state index in [0.717, 1.165) is 96.3 Å². The second-order valence-electron chi connectivity index (χ2n) is 19.9. The van der Waals surface area contributed by atoms with Crippen LogP contribution in [0, 0.1) is 0 Å². The Labute approximate surface area is 462 Å². The zero-order chi connectivity index (χ0) is 54.3. The van der Waals surface area contributed by atoms with Crippen LogP contribution in [0.25, 0.3) is 0 Å². The van der Waals surface area contributed by atoms with Gasteiger partial charge in [-0.25, -0.2) is 0 Å². The molecule has 0 saturated heterocycles. The summed E-state index contributed by atoms with van der Waals surface area (Å²) in [5.41, 5.74) is 0. The molecule has 0 amide bonds. The molecule has 0 N–H and O–H groups in total. The highest BCUT2D eigenvalue weighted by Gasteiger charge is 2.19. The largest absolute Gasteiger partial charge is 0.462 e. The molecule has 0 radical (unpaired) electrons. The summed E-state index contributed by atoms with van der Waals surface area (Å²) in [6.07, 6.45) is 87.6. The van der Waals surface area contributed by atoms with Crippen LogP contribution in [0.4, 0.5) is 0 Å². The van der Waals surface area contributed by atoms with E-state index < -0.39 is 12.1 Å². The van der Waals surface area contributed by atoms with Gasteiger partial charge in [0, 0.05) is 19.3 Å². The lowest BCUT2D eigenvalue weighted by molar-refractivity contribution is -0.166. The van der Waals surface area contributed by atoms with Crippen molar-refractivity contribution in [3.8, 4) is 0 Å². The molecule has 0 aliphatic rings. The maximum Gasteiger partial charge on any atom is 0.306 e. The normalized spacial score (nSPS) is 13.1. The number of carbonyl (C=O) groups is 3. The maximum atomic E-state index is 12.9. The smallest absolute Gasteiger partial charge is 0.306 e. The fourth-order valence-corrected chi connectivity index (χ4v) is 8.15. The number of ether oxygens (including phenoxy) is 3. The molecule has 0 saturated carbocycles. The molecule has 0 aliphatic heterocycles. The topological polar surface area (TPSA) is 78.9 Å². The average Bonchev–Trinajstić information content (AvgIpc) is 3.41. The highest BCUT2D eigenvalue weighted by atomic mass is 16.6. The number of allylic oxidation sites excluding steroid dienone is 22. The van der Waals surface area contributed by atoms with Crippen LogP contribution in [0.2, 0.25) is 0 Å². The predicted molar refractivity (Wildman–Crippen MR) is 325 cm³/mol. The number of carbonyl (C=O) groups excluding carboxylic acids is 3. The summed E-state index contributed by atoms with van der Waals surface area (Å²) in [5, 5.41) is 0. The second-order valence-corrected chi connectivity index (χ2v) is 19.9. The Balaban J connectivity index is 4.54. The van der Waals surface area contributed by atoms with Gasteiger partial charge in [0.15, 0.2) is 6.10 Å². The SMILES string of the molecule is CC/C=C\C/C=C\C/C=C\C/C=C\C/C=C\C/C=C\CCC(=O)OC(COC(=O)CCC/C=C\C/C=C\C/C=C\C/C=C\C/C=C\CC)COC(=O)CCCCCCCCCCCCCCCCCCCCCCC. The Hall–Kier alpha value is -4.45. The van der Waals surface area contributed by atoms with Gasteiger partial charge in [0.05, 0.1) is 0 Å². The minimum atomic E-state index is -0.846. The first-order valence-electron chi connectivity index (χ1n) is 30.7. The van der Waals surface area contributed by atoms with Gasteiger partial charge in [0.1, 0.15) is 13.2 Å². The minimum absolute atomic E-state index is 0.128. The van der Waals surface area contributed by atoms with E-state index in [4.69, 9.17) is 14.2 Å². The van der Waals surface area contributed by atoms with Gasteiger partial charge in [0.2, 0.25) is 0 Å². The number of hydrogen-bond acceptors (Lipinski definition) is 6. The lowest BCUT2D eigenvalue weighted by Gasteiger charge is -2.18. The standard InChI is InChI=1S/C69H112O6/c1-4-7-10-13-16-19-22-25-28-31-33-34-36-38-41-44-47-50-53-56-59-62-68(71)74-65-66(64-73-67(70)61-58-55-52-49-46-43-40-37-30-27-24-21-18-15-12-9-6-3)75-69(72)63-60-57-54-51-48-45-42-39-35-32-29-26-23-20-17-14-11-8-5-2/h8-9,11-12,17-18,20-21,26-27,29-30,35,39-40,43,45,48-49,52,54,57,66H,4-7,10,13-16,19,22-25,28,31-34,36-38,41-42,44,46-47,50-51,53,55-56,58-65H2,1-3H3/b11-8-,12-9-,20-17-,21-18-,29-26-,30-27-,39-35-,43-40-,48-45-,52-49-,57-54-. The quantitative estimate of drug-likeness (QED) is 0.0261. The molecule has 0 aromatic carbocycles. The van der Waals surface area contributed by atoms with E-state index in [9.17, 15) is 14.4 Å². The molecule has 0 heterocycles. The number of hydrogen-bond donors (Lipinski definition) is 0. The van der Waals surface area contributed by atoms with Gasteiger partial charge < -0.3 is 14.2 Å². The van der Waals surface area contributed by atoms with Crippen molar-refractivity contribution in [2.75, 3.05) is 13.2 Å². The molecule has 0 fully saturated rings. The Bertz CT molecular complexity index is 1620. The van der Waals surface area contributed by atoms with E-state index in [0.29, 0.717) is 19.3 Å². The molecule has 0 aromatic rings. The molecular formula is C69H112O6. The number of rotatable bonds is 54. The third kappa shape index (κ3) is 60.3. The van der Waals surface area contributed by atoms with Gasteiger partial charge in [-0.15, -0.1) is 0 Å². The molecular weight excluding hydrogens is 925 g/mol. The third-order valence-corrected chi connectivity index (χ3v) is 12.7. The Morgan fingerprint density at radius 1 is 0.280 bits per heavy atom. The molecule has 0 aromatic heterocycles. The summed E-state index contributed by atoms with van der Waals surface area (Å²) in [7, 11) is 0. The first-order chi connectivity index (χ1) is 37.0. The number of esters is 3. The van der Waals surface area contributed by atoms with Gasteiger partial charge in [-0.2, -0.15) is 0 Å². The van der Waals surface area contributed by atoms with Crippen molar-refractivity contribution >= 4 is 17.9 Å². The van der Waals surface area contributed by atoms with E-state index in [2.05, 4.69) is 142 Å². The Morgan fingerprint density at radius 3 is 0.867 bits per heavy atom. The maximum absolute atomic E-state index is 12.9. The summed E-state index contributed by atoms with van der Waals surface area (Å²) < 4.78 is 16.8. The van der Waals surface area contributed by atoms with Gasteiger partial charge in [-0.1, -0.05) is 283 Å². The summed E-state index contributed by atoms with van der Waals surface area (Å²) >= 11 is 0. The highest BCUT2D eigenvalue weighted by Crippen LogP contribution is 2.16. The molecule has 1 atom stereocenters. The van der Waals surface area contributed by atoms with Crippen LogP contribution in [0.5, 0.6) is 0 Å². The molecule has 0 rings (SSSR count). The fraction of sp³-hybridized carbons (Fsp3) is 0.638. The van der Waals surface area contributed by atoms with Gasteiger partial charge in [-0.3, -0.25) is 14.4 Å². The Morgan fingerprint density at radius 2 is 0.547 bits per heavy atom.